The molecule has 0 aromatic heterocycles. The fourth-order valence-corrected chi connectivity index (χ4v) is 2.19. The van der Waals surface area contributed by atoms with E-state index in [1.807, 2.05) is 0 Å². The van der Waals surface area contributed by atoms with Crippen molar-refractivity contribution in [1.29, 1.82) is 0 Å². The van der Waals surface area contributed by atoms with E-state index in [1.54, 1.807) is 26.8 Å². The summed E-state index contributed by atoms with van der Waals surface area (Å²) < 4.78 is 19.5. The number of hydrogen-bond donors (Lipinski definition) is 2. The molecule has 0 radical (unpaired) electrons. The van der Waals surface area contributed by atoms with Crippen LogP contribution in [-0.4, -0.2) is 28.2 Å². The molecule has 0 aliphatic heterocycles. The second-order valence-corrected chi connectivity index (χ2v) is 7.05. The zero-order valence-electron chi connectivity index (χ0n) is 12.7. The molecule has 3 N–H and O–H groups in total. The van der Waals surface area contributed by atoms with Crippen molar-refractivity contribution in [2.45, 2.75) is 44.8 Å². The Morgan fingerprint density at radius 3 is 2.41 bits per heavy atom. The van der Waals surface area contributed by atoms with Crippen LogP contribution in [0.4, 0.5) is 4.39 Å². The lowest BCUT2D eigenvalue weighted by Crippen LogP contribution is -2.52. The first-order valence-corrected chi connectivity index (χ1v) is 7.40. The monoisotopic (exact) mass is 375 g/mol. The smallest absolute Gasteiger partial charge is 0.324 e. The van der Waals surface area contributed by atoms with Crippen LogP contribution in [0.3, 0.4) is 0 Å². The van der Waals surface area contributed by atoms with Crippen LogP contribution in [0.1, 0.15) is 32.8 Å². The second kappa shape index (κ2) is 6.75. The van der Waals surface area contributed by atoms with Crippen molar-refractivity contribution in [3.63, 3.8) is 0 Å². The number of ether oxygens (including phenoxy) is 1. The summed E-state index contributed by atoms with van der Waals surface area (Å²) >= 11 is 3.12. The van der Waals surface area contributed by atoms with Gasteiger partial charge >= 0.3 is 11.9 Å². The average Bonchev–Trinajstić information content (AvgIpc) is 2.30. The first-order valence-electron chi connectivity index (χ1n) is 6.61. The molecule has 0 amide bonds. The van der Waals surface area contributed by atoms with Crippen molar-refractivity contribution in [3.8, 4) is 0 Å². The average molecular weight is 376 g/mol. The molecule has 0 heterocycles. The van der Waals surface area contributed by atoms with Crippen LogP contribution in [0.25, 0.3) is 0 Å². The molecular formula is C15H19BrFNO4. The van der Waals surface area contributed by atoms with Crippen molar-refractivity contribution < 1.29 is 23.8 Å². The number of carbonyl (C=O) groups is 2. The number of nitrogens with two attached hydrogens (primary N) is 1. The van der Waals surface area contributed by atoms with Gasteiger partial charge in [-0.2, -0.15) is 0 Å². The molecule has 1 aromatic rings. The largest absolute Gasteiger partial charge is 0.480 e. The maximum atomic E-state index is 13.9. The van der Waals surface area contributed by atoms with Crippen molar-refractivity contribution in [3.05, 3.63) is 34.1 Å². The summed E-state index contributed by atoms with van der Waals surface area (Å²) in [6.45, 7) is 4.99. The number of carboxylic acid groups (broad SMARTS) is 1. The molecule has 0 saturated heterocycles. The Labute approximate surface area is 136 Å². The van der Waals surface area contributed by atoms with Gasteiger partial charge < -0.3 is 15.6 Å². The fourth-order valence-electron chi connectivity index (χ4n) is 1.85. The van der Waals surface area contributed by atoms with Gasteiger partial charge in [0.15, 0.2) is 0 Å². The normalized spacial score (nSPS) is 14.3. The number of rotatable bonds is 5. The van der Waals surface area contributed by atoms with Crippen molar-refractivity contribution in [2.24, 2.45) is 5.73 Å². The van der Waals surface area contributed by atoms with Crippen molar-refractivity contribution >= 4 is 27.9 Å². The Bertz CT molecular complexity index is 585. The van der Waals surface area contributed by atoms with E-state index in [-0.39, 0.29) is 12.0 Å². The highest BCUT2D eigenvalue weighted by molar-refractivity contribution is 9.10. The minimum absolute atomic E-state index is 0.122. The lowest BCUT2D eigenvalue weighted by atomic mass is 9.88. The third kappa shape index (κ3) is 5.38. The molecule has 0 bridgehead atoms. The van der Waals surface area contributed by atoms with Crippen LogP contribution in [0, 0.1) is 5.82 Å². The summed E-state index contributed by atoms with van der Waals surface area (Å²) in [5.41, 5.74) is 3.26. The van der Waals surface area contributed by atoms with E-state index in [1.165, 1.54) is 12.1 Å². The van der Waals surface area contributed by atoms with Crippen LogP contribution >= 0.6 is 15.9 Å². The molecule has 0 spiro atoms. The van der Waals surface area contributed by atoms with Crippen LogP contribution in [0.2, 0.25) is 0 Å². The highest BCUT2D eigenvalue weighted by atomic mass is 79.9. The van der Waals surface area contributed by atoms with Gasteiger partial charge in [0.2, 0.25) is 0 Å². The minimum Gasteiger partial charge on any atom is -0.480 e. The Balaban J connectivity index is 2.96. The molecule has 7 heteroatoms. The summed E-state index contributed by atoms with van der Waals surface area (Å²) in [4.78, 5) is 23.3. The standard InChI is InChI=1S/C15H19BrFNO4/c1-14(2,3)22-12(19)8-15(18,13(20)21)7-9-4-5-10(16)6-11(9)17/h4-6H,7-8,18H2,1-3H3,(H,20,21). The predicted octanol–water partition coefficient (Wildman–Crippen LogP) is 2.64. The van der Waals surface area contributed by atoms with Gasteiger partial charge in [0, 0.05) is 10.9 Å². The number of benzene rings is 1. The molecule has 0 fully saturated rings. The first kappa shape index (κ1) is 18.6. The first-order chi connectivity index (χ1) is 9.93. The molecule has 1 rings (SSSR count). The summed E-state index contributed by atoms with van der Waals surface area (Å²) in [5, 5.41) is 9.32. The third-order valence-electron chi connectivity index (χ3n) is 2.83. The molecule has 1 aromatic carbocycles. The van der Waals surface area contributed by atoms with Crippen LogP contribution < -0.4 is 5.73 Å². The Kier molecular flexibility index (Phi) is 5.70. The van der Waals surface area contributed by atoms with Gasteiger partial charge in [-0.05, 0) is 38.5 Å². The topological polar surface area (TPSA) is 89.6 Å². The van der Waals surface area contributed by atoms with Gasteiger partial charge in [-0.15, -0.1) is 0 Å². The molecule has 0 aliphatic rings. The number of carbonyl (C=O) groups excluding carboxylic acids is 1. The molecule has 22 heavy (non-hydrogen) atoms. The quantitative estimate of drug-likeness (QED) is 0.772. The molecule has 0 aliphatic carbocycles. The van der Waals surface area contributed by atoms with E-state index in [0.29, 0.717) is 4.47 Å². The van der Waals surface area contributed by atoms with E-state index < -0.39 is 35.3 Å². The Hall–Kier alpha value is -1.47. The number of esters is 1. The lowest BCUT2D eigenvalue weighted by Gasteiger charge is -2.27. The molecule has 0 saturated carbocycles. The summed E-state index contributed by atoms with van der Waals surface area (Å²) in [6, 6.07) is 4.22. The molecule has 1 unspecified atom stereocenters. The van der Waals surface area contributed by atoms with Crippen LogP contribution in [0.5, 0.6) is 0 Å². The minimum atomic E-state index is -1.93. The number of halogens is 2. The maximum Gasteiger partial charge on any atom is 0.324 e. The van der Waals surface area contributed by atoms with E-state index in [9.17, 15) is 19.1 Å². The van der Waals surface area contributed by atoms with Crippen LogP contribution in [0.15, 0.2) is 22.7 Å². The highest BCUT2D eigenvalue weighted by Gasteiger charge is 2.39. The number of aliphatic carboxylic acids is 1. The second-order valence-electron chi connectivity index (χ2n) is 6.14. The predicted molar refractivity (Wildman–Crippen MR) is 82.8 cm³/mol. The molecule has 5 nitrogen and oxygen atoms in total. The molecular weight excluding hydrogens is 357 g/mol. The zero-order chi connectivity index (χ0) is 17.1. The van der Waals surface area contributed by atoms with Gasteiger partial charge in [-0.3, -0.25) is 9.59 Å². The van der Waals surface area contributed by atoms with E-state index >= 15 is 0 Å². The van der Waals surface area contributed by atoms with Crippen LogP contribution in [-0.2, 0) is 20.7 Å². The number of hydrogen-bond acceptors (Lipinski definition) is 4. The summed E-state index contributed by atoms with van der Waals surface area (Å²) in [5.74, 6) is -2.72. The highest BCUT2D eigenvalue weighted by Crippen LogP contribution is 2.22. The van der Waals surface area contributed by atoms with Crippen molar-refractivity contribution in [2.75, 3.05) is 0 Å². The number of carboxylic acids is 1. The lowest BCUT2D eigenvalue weighted by molar-refractivity contribution is -0.160. The van der Waals surface area contributed by atoms with Crippen molar-refractivity contribution in [1.82, 2.24) is 0 Å². The van der Waals surface area contributed by atoms with E-state index in [0.717, 1.165) is 0 Å². The van der Waals surface area contributed by atoms with Gasteiger partial charge in [0.25, 0.3) is 0 Å². The summed E-state index contributed by atoms with van der Waals surface area (Å²) in [7, 11) is 0. The van der Waals surface area contributed by atoms with Gasteiger partial charge in [-0.1, -0.05) is 22.0 Å². The fraction of sp³-hybridized carbons (Fsp3) is 0.467. The van der Waals surface area contributed by atoms with E-state index in [4.69, 9.17) is 10.5 Å². The molecule has 1 atom stereocenters. The van der Waals surface area contributed by atoms with Gasteiger partial charge in [-0.25, -0.2) is 4.39 Å². The van der Waals surface area contributed by atoms with Gasteiger partial charge in [0.05, 0.1) is 6.42 Å². The SMILES string of the molecule is CC(C)(C)OC(=O)CC(N)(Cc1ccc(Br)cc1F)C(=O)O. The maximum absolute atomic E-state index is 13.9. The third-order valence-corrected chi connectivity index (χ3v) is 3.32. The summed E-state index contributed by atoms with van der Waals surface area (Å²) in [6.07, 6.45) is -0.865. The van der Waals surface area contributed by atoms with E-state index in [2.05, 4.69) is 15.9 Å². The molecule has 122 valence electrons. The Morgan fingerprint density at radius 1 is 1.36 bits per heavy atom. The zero-order valence-corrected chi connectivity index (χ0v) is 14.2. The van der Waals surface area contributed by atoms with Gasteiger partial charge in [0.1, 0.15) is 17.0 Å². The Morgan fingerprint density at radius 2 is 1.95 bits per heavy atom.